The number of nitrogens with two attached hydrogens (primary N) is 1. The summed E-state index contributed by atoms with van der Waals surface area (Å²) in [6.45, 7) is 4.73. The molecule has 0 saturated heterocycles. The van der Waals surface area contributed by atoms with E-state index in [-0.39, 0.29) is 0 Å². The third-order valence-electron chi connectivity index (χ3n) is 2.69. The van der Waals surface area contributed by atoms with Crippen LogP contribution in [0.25, 0.3) is 11.3 Å². The topological polar surface area (TPSA) is 61.3 Å². The average Bonchev–Trinajstić information content (AvgIpc) is 2.78. The zero-order chi connectivity index (χ0) is 13.0. The number of aryl methyl sites for hydroxylation is 1. The summed E-state index contributed by atoms with van der Waals surface area (Å²) in [4.78, 5) is 0. The van der Waals surface area contributed by atoms with Gasteiger partial charge in [-0.05, 0) is 31.0 Å². The molecule has 1 heterocycles. The van der Waals surface area contributed by atoms with E-state index in [1.165, 1.54) is 5.56 Å². The number of aromatic nitrogens is 1. The van der Waals surface area contributed by atoms with Gasteiger partial charge in [-0.1, -0.05) is 24.6 Å². The normalized spacial score (nSPS) is 10.6. The minimum Gasteiger partial charge on any atom is -0.493 e. The number of nitrogens with zero attached hydrogens (tertiary/aromatic N) is 1. The van der Waals surface area contributed by atoms with Crippen LogP contribution in [-0.4, -0.2) is 11.8 Å². The summed E-state index contributed by atoms with van der Waals surface area (Å²) >= 11 is 0. The van der Waals surface area contributed by atoms with E-state index in [2.05, 4.69) is 24.2 Å². The van der Waals surface area contributed by atoms with Crippen LogP contribution in [0.3, 0.4) is 0 Å². The molecule has 0 aliphatic carbocycles. The molecule has 1 aromatic carbocycles. The number of benzene rings is 1. The molecule has 0 spiro atoms. The van der Waals surface area contributed by atoms with Crippen LogP contribution >= 0.6 is 0 Å². The largest absolute Gasteiger partial charge is 0.493 e. The summed E-state index contributed by atoms with van der Waals surface area (Å²) < 4.78 is 10.5. The Kier molecular flexibility index (Phi) is 3.87. The van der Waals surface area contributed by atoms with Crippen LogP contribution in [-0.2, 0) is 6.42 Å². The van der Waals surface area contributed by atoms with Crippen molar-refractivity contribution >= 4 is 5.88 Å². The van der Waals surface area contributed by atoms with E-state index in [1.54, 1.807) is 6.07 Å². The van der Waals surface area contributed by atoms with Crippen molar-refractivity contribution in [1.82, 2.24) is 5.16 Å². The van der Waals surface area contributed by atoms with Crippen molar-refractivity contribution in [3.8, 4) is 17.0 Å². The fourth-order valence-electron chi connectivity index (χ4n) is 1.92. The quantitative estimate of drug-likeness (QED) is 0.879. The Morgan fingerprint density at radius 2 is 2.11 bits per heavy atom. The summed E-state index contributed by atoms with van der Waals surface area (Å²) in [5, 5.41) is 3.95. The monoisotopic (exact) mass is 246 g/mol. The maximum atomic E-state index is 5.61. The Bertz CT molecular complexity index is 520. The lowest BCUT2D eigenvalue weighted by Crippen LogP contribution is -1.95. The predicted octanol–water partition coefficient (Wildman–Crippen LogP) is 3.28. The number of nitrogen functional groups attached to an aromatic ring is 1. The molecule has 0 bridgehead atoms. The lowest BCUT2D eigenvalue weighted by molar-refractivity contribution is 0.341. The Morgan fingerprint density at radius 3 is 2.72 bits per heavy atom. The maximum absolute atomic E-state index is 5.61. The molecule has 0 saturated carbocycles. The van der Waals surface area contributed by atoms with Crippen LogP contribution < -0.4 is 10.5 Å². The molecular weight excluding hydrogens is 228 g/mol. The minimum atomic E-state index is 0.313. The number of hydrogen-bond acceptors (Lipinski definition) is 4. The first-order valence-corrected chi connectivity index (χ1v) is 6.22. The fourth-order valence-corrected chi connectivity index (χ4v) is 1.92. The maximum Gasteiger partial charge on any atom is 0.222 e. The minimum absolute atomic E-state index is 0.313. The molecule has 0 aliphatic rings. The molecule has 0 radical (unpaired) electrons. The van der Waals surface area contributed by atoms with Gasteiger partial charge in [-0.3, -0.25) is 0 Å². The predicted molar refractivity (Wildman–Crippen MR) is 71.5 cm³/mol. The van der Waals surface area contributed by atoms with Crippen molar-refractivity contribution in [1.29, 1.82) is 0 Å². The molecule has 0 amide bonds. The average molecular weight is 246 g/mol. The molecule has 0 aliphatic heterocycles. The van der Waals surface area contributed by atoms with Gasteiger partial charge in [0.25, 0.3) is 0 Å². The Balaban J connectivity index is 2.43. The summed E-state index contributed by atoms with van der Waals surface area (Å²) in [6, 6.07) is 7.87. The molecule has 96 valence electrons. The first kappa shape index (κ1) is 12.5. The highest BCUT2D eigenvalue weighted by Gasteiger charge is 2.11. The molecule has 4 nitrogen and oxygen atoms in total. The van der Waals surface area contributed by atoms with E-state index < -0.39 is 0 Å². The van der Waals surface area contributed by atoms with Gasteiger partial charge in [0.05, 0.1) is 6.61 Å². The summed E-state index contributed by atoms with van der Waals surface area (Å²) in [7, 11) is 0. The molecule has 18 heavy (non-hydrogen) atoms. The molecule has 0 unspecified atom stereocenters. The van der Waals surface area contributed by atoms with Crippen molar-refractivity contribution in [2.75, 3.05) is 12.3 Å². The third kappa shape index (κ3) is 2.64. The van der Waals surface area contributed by atoms with E-state index in [0.717, 1.165) is 24.2 Å². The number of ether oxygens (including phenoxy) is 1. The van der Waals surface area contributed by atoms with Crippen molar-refractivity contribution in [2.45, 2.75) is 26.7 Å². The zero-order valence-electron chi connectivity index (χ0n) is 10.8. The van der Waals surface area contributed by atoms with E-state index >= 15 is 0 Å². The number of rotatable bonds is 5. The van der Waals surface area contributed by atoms with Gasteiger partial charge < -0.3 is 15.0 Å². The second-order valence-electron chi connectivity index (χ2n) is 4.13. The van der Waals surface area contributed by atoms with Crippen LogP contribution in [0.1, 0.15) is 25.8 Å². The van der Waals surface area contributed by atoms with Gasteiger partial charge in [0.1, 0.15) is 11.4 Å². The summed E-state index contributed by atoms with van der Waals surface area (Å²) in [5.41, 5.74) is 8.48. The third-order valence-corrected chi connectivity index (χ3v) is 2.69. The Morgan fingerprint density at radius 1 is 1.28 bits per heavy atom. The second kappa shape index (κ2) is 5.58. The van der Waals surface area contributed by atoms with Crippen molar-refractivity contribution < 1.29 is 9.26 Å². The van der Waals surface area contributed by atoms with Crippen LogP contribution in [0.5, 0.6) is 5.75 Å². The van der Waals surface area contributed by atoms with Crippen molar-refractivity contribution in [3.05, 3.63) is 29.8 Å². The van der Waals surface area contributed by atoms with Gasteiger partial charge in [-0.25, -0.2) is 0 Å². The molecule has 4 heteroatoms. The van der Waals surface area contributed by atoms with Crippen LogP contribution in [0.15, 0.2) is 28.8 Å². The van der Waals surface area contributed by atoms with E-state index in [1.807, 2.05) is 13.0 Å². The molecular formula is C14H18N2O2. The summed E-state index contributed by atoms with van der Waals surface area (Å²) in [5.74, 6) is 1.12. The SMILES string of the molecule is CCCc1ccc(OCC)c(-c2cc(N)on2)c1. The van der Waals surface area contributed by atoms with Crippen molar-refractivity contribution in [2.24, 2.45) is 0 Å². The van der Waals surface area contributed by atoms with Crippen molar-refractivity contribution in [3.63, 3.8) is 0 Å². The molecule has 1 aromatic heterocycles. The number of anilines is 1. The van der Waals surface area contributed by atoms with Gasteiger partial charge in [0, 0.05) is 11.6 Å². The first-order valence-electron chi connectivity index (χ1n) is 6.22. The van der Waals surface area contributed by atoms with E-state index in [0.29, 0.717) is 18.2 Å². The van der Waals surface area contributed by atoms with Gasteiger partial charge in [-0.15, -0.1) is 0 Å². The van der Waals surface area contributed by atoms with Gasteiger partial charge >= 0.3 is 0 Å². The highest BCUT2D eigenvalue weighted by atomic mass is 16.5. The smallest absolute Gasteiger partial charge is 0.222 e. The molecule has 2 rings (SSSR count). The Hall–Kier alpha value is -1.97. The highest BCUT2D eigenvalue weighted by molar-refractivity contribution is 5.69. The highest BCUT2D eigenvalue weighted by Crippen LogP contribution is 2.31. The number of hydrogen-bond donors (Lipinski definition) is 1. The molecule has 0 atom stereocenters. The lowest BCUT2D eigenvalue weighted by Gasteiger charge is -2.10. The fraction of sp³-hybridized carbons (Fsp3) is 0.357. The van der Waals surface area contributed by atoms with Crippen LogP contribution in [0.4, 0.5) is 5.88 Å². The first-order chi connectivity index (χ1) is 8.74. The molecule has 2 N–H and O–H groups in total. The Labute approximate surface area is 107 Å². The second-order valence-corrected chi connectivity index (χ2v) is 4.13. The van der Waals surface area contributed by atoms with Gasteiger partial charge in [0.2, 0.25) is 5.88 Å². The summed E-state index contributed by atoms with van der Waals surface area (Å²) in [6.07, 6.45) is 2.14. The van der Waals surface area contributed by atoms with Gasteiger partial charge in [0.15, 0.2) is 0 Å². The van der Waals surface area contributed by atoms with E-state index in [4.69, 9.17) is 15.0 Å². The van der Waals surface area contributed by atoms with Crippen LogP contribution in [0, 0.1) is 0 Å². The van der Waals surface area contributed by atoms with Crippen LogP contribution in [0.2, 0.25) is 0 Å². The standard InChI is InChI=1S/C14H18N2O2/c1-3-5-10-6-7-13(17-4-2)11(8-10)12-9-14(15)18-16-12/h6-9H,3-5,15H2,1-2H3. The zero-order valence-corrected chi connectivity index (χ0v) is 10.8. The molecule has 2 aromatic rings. The van der Waals surface area contributed by atoms with E-state index in [9.17, 15) is 0 Å². The van der Waals surface area contributed by atoms with Gasteiger partial charge in [-0.2, -0.15) is 0 Å². The molecule has 0 fully saturated rings. The lowest BCUT2D eigenvalue weighted by atomic mass is 10.0.